The first kappa shape index (κ1) is 17.1. The summed E-state index contributed by atoms with van der Waals surface area (Å²) >= 11 is 6.66. The molecule has 1 heterocycles. The van der Waals surface area contributed by atoms with Crippen LogP contribution >= 0.6 is 31.9 Å². The van der Waals surface area contributed by atoms with Gasteiger partial charge in [-0.25, -0.2) is 4.79 Å². The van der Waals surface area contributed by atoms with Crippen LogP contribution in [0.3, 0.4) is 0 Å². The van der Waals surface area contributed by atoms with E-state index >= 15 is 0 Å². The summed E-state index contributed by atoms with van der Waals surface area (Å²) in [5.41, 5.74) is 1.37. The predicted molar refractivity (Wildman–Crippen MR) is 103 cm³/mol. The number of esters is 1. The van der Waals surface area contributed by atoms with Crippen LogP contribution in [0.15, 0.2) is 69.6 Å². The molecule has 0 aromatic heterocycles. The molecule has 3 aromatic rings. The van der Waals surface area contributed by atoms with E-state index in [4.69, 9.17) is 4.74 Å². The van der Waals surface area contributed by atoms with Gasteiger partial charge in [-0.1, -0.05) is 30.3 Å². The molecular formula is C20H12Br2O4. The molecule has 0 saturated heterocycles. The Hall–Kier alpha value is -2.31. The molecule has 130 valence electrons. The molecule has 3 aromatic carbocycles. The highest BCUT2D eigenvalue weighted by Crippen LogP contribution is 2.49. The first-order valence-electron chi connectivity index (χ1n) is 7.74. The van der Waals surface area contributed by atoms with Gasteiger partial charge in [-0.15, -0.1) is 0 Å². The van der Waals surface area contributed by atoms with Gasteiger partial charge in [0.1, 0.15) is 11.5 Å². The number of cyclic esters (lactones) is 1. The van der Waals surface area contributed by atoms with Crippen molar-refractivity contribution >= 4 is 37.8 Å². The number of carbonyl (C=O) groups is 1. The molecular weight excluding hydrogens is 464 g/mol. The van der Waals surface area contributed by atoms with Crippen LogP contribution in [0.25, 0.3) is 0 Å². The van der Waals surface area contributed by atoms with E-state index in [0.717, 1.165) is 0 Å². The molecule has 0 bridgehead atoms. The Morgan fingerprint density at radius 2 is 1.35 bits per heavy atom. The number of halogens is 2. The van der Waals surface area contributed by atoms with Crippen molar-refractivity contribution in [1.82, 2.24) is 0 Å². The zero-order valence-electron chi connectivity index (χ0n) is 13.2. The maximum Gasteiger partial charge on any atom is 0.340 e. The Kier molecular flexibility index (Phi) is 4.04. The summed E-state index contributed by atoms with van der Waals surface area (Å²) < 4.78 is 6.92. The number of benzene rings is 3. The molecule has 1 aliphatic rings. The van der Waals surface area contributed by atoms with Crippen molar-refractivity contribution in [3.8, 4) is 11.5 Å². The van der Waals surface area contributed by atoms with E-state index in [1.165, 1.54) is 0 Å². The smallest absolute Gasteiger partial charge is 0.340 e. The van der Waals surface area contributed by atoms with Crippen LogP contribution in [0.5, 0.6) is 11.5 Å². The minimum atomic E-state index is -1.18. The molecule has 0 fully saturated rings. The van der Waals surface area contributed by atoms with Crippen LogP contribution in [0.1, 0.15) is 27.0 Å². The maximum atomic E-state index is 12.6. The summed E-state index contributed by atoms with van der Waals surface area (Å²) in [5.74, 6) is -0.240. The van der Waals surface area contributed by atoms with Crippen molar-refractivity contribution in [2.45, 2.75) is 5.60 Å². The Bertz CT molecular complexity index is 994. The van der Waals surface area contributed by atoms with Crippen LogP contribution in [0.4, 0.5) is 0 Å². The zero-order valence-corrected chi connectivity index (χ0v) is 16.4. The molecule has 6 heteroatoms. The van der Waals surface area contributed by atoms with Gasteiger partial charge in [0.15, 0.2) is 5.60 Å². The van der Waals surface area contributed by atoms with Gasteiger partial charge >= 0.3 is 5.97 Å². The number of phenols is 2. The third-order valence-corrected chi connectivity index (χ3v) is 5.75. The Labute approximate surface area is 166 Å². The molecule has 4 nitrogen and oxygen atoms in total. The van der Waals surface area contributed by atoms with Crippen LogP contribution in [0, 0.1) is 0 Å². The summed E-state index contributed by atoms with van der Waals surface area (Å²) in [5, 5.41) is 19.7. The lowest BCUT2D eigenvalue weighted by Crippen LogP contribution is -2.29. The average molecular weight is 476 g/mol. The number of hydrogen-bond donors (Lipinski definition) is 2. The maximum absolute atomic E-state index is 12.6. The fraction of sp³-hybridized carbons (Fsp3) is 0.0500. The number of carbonyl (C=O) groups excluding carboxylic acids is 1. The van der Waals surface area contributed by atoms with E-state index in [2.05, 4.69) is 31.9 Å². The number of ether oxygens (including phenoxy) is 1. The first-order valence-corrected chi connectivity index (χ1v) is 9.33. The fourth-order valence-corrected chi connectivity index (χ4v) is 4.02. The van der Waals surface area contributed by atoms with E-state index in [1.807, 2.05) is 12.1 Å². The molecule has 0 amide bonds. The topological polar surface area (TPSA) is 66.8 Å². The third kappa shape index (κ3) is 2.44. The van der Waals surface area contributed by atoms with E-state index in [0.29, 0.717) is 31.2 Å². The quantitative estimate of drug-likeness (QED) is 0.507. The number of rotatable bonds is 2. The van der Waals surface area contributed by atoms with Crippen molar-refractivity contribution in [1.29, 1.82) is 0 Å². The minimum absolute atomic E-state index is 0.0911. The molecule has 0 aliphatic carbocycles. The highest BCUT2D eigenvalue weighted by molar-refractivity contribution is 9.10. The van der Waals surface area contributed by atoms with E-state index in [-0.39, 0.29) is 11.5 Å². The normalized spacial score (nSPS) is 14.8. The van der Waals surface area contributed by atoms with Crippen LogP contribution in [-0.2, 0) is 10.3 Å². The molecule has 4 rings (SSSR count). The number of phenolic OH excluding ortho intramolecular Hbond substituents is 2. The Morgan fingerprint density at radius 3 is 1.88 bits per heavy atom. The van der Waals surface area contributed by atoms with Crippen molar-refractivity contribution < 1.29 is 19.7 Å². The number of aromatic hydroxyl groups is 2. The van der Waals surface area contributed by atoms with Gasteiger partial charge in [0.25, 0.3) is 0 Å². The molecule has 2 N–H and O–H groups in total. The zero-order chi connectivity index (χ0) is 18.5. The number of fused-ring (bicyclic) bond motifs is 1. The van der Waals surface area contributed by atoms with Crippen molar-refractivity contribution in [2.75, 3.05) is 0 Å². The van der Waals surface area contributed by atoms with Gasteiger partial charge in [-0.05, 0) is 62.2 Å². The largest absolute Gasteiger partial charge is 0.507 e. The highest BCUT2D eigenvalue weighted by atomic mass is 79.9. The highest BCUT2D eigenvalue weighted by Gasteiger charge is 2.48. The minimum Gasteiger partial charge on any atom is -0.507 e. The molecule has 0 spiro atoms. The van der Waals surface area contributed by atoms with Gasteiger partial charge in [0, 0.05) is 16.7 Å². The van der Waals surface area contributed by atoms with Gasteiger partial charge in [-0.3, -0.25) is 0 Å². The van der Waals surface area contributed by atoms with E-state index in [1.54, 1.807) is 48.5 Å². The molecule has 0 saturated carbocycles. The molecule has 0 unspecified atom stereocenters. The summed E-state index contributed by atoms with van der Waals surface area (Å²) in [4.78, 5) is 12.6. The van der Waals surface area contributed by atoms with Crippen molar-refractivity contribution in [3.05, 3.63) is 91.9 Å². The second-order valence-corrected chi connectivity index (χ2v) is 7.66. The molecule has 1 aliphatic heterocycles. The van der Waals surface area contributed by atoms with E-state index < -0.39 is 11.6 Å². The molecule has 26 heavy (non-hydrogen) atoms. The van der Waals surface area contributed by atoms with Crippen molar-refractivity contribution in [3.63, 3.8) is 0 Å². The third-order valence-electron chi connectivity index (χ3n) is 4.48. The average Bonchev–Trinajstić information content (AvgIpc) is 2.94. The SMILES string of the molecule is O=C1OC(c2ccc(O)c(Br)c2)(c2ccc(O)c(Br)c2)c2ccccc21. The van der Waals surface area contributed by atoms with Crippen LogP contribution in [0.2, 0.25) is 0 Å². The standard InChI is InChI=1S/C20H12Br2O4/c21-15-9-11(5-7-17(15)23)20(12-6-8-18(24)16(22)10-12)14-4-2-1-3-13(14)19(25)26-20/h1-10,23-24H. The Morgan fingerprint density at radius 1 is 0.808 bits per heavy atom. The second-order valence-electron chi connectivity index (χ2n) is 5.95. The lowest BCUT2D eigenvalue weighted by atomic mass is 9.80. The lowest BCUT2D eigenvalue weighted by Gasteiger charge is -2.30. The monoisotopic (exact) mass is 474 g/mol. The first-order chi connectivity index (χ1) is 12.4. The second kappa shape index (κ2) is 6.14. The summed E-state index contributed by atoms with van der Waals surface area (Å²) in [6, 6.07) is 17.2. The van der Waals surface area contributed by atoms with Gasteiger partial charge in [0.05, 0.1) is 14.5 Å². The van der Waals surface area contributed by atoms with E-state index in [9.17, 15) is 15.0 Å². The Balaban J connectivity index is 2.07. The summed E-state index contributed by atoms with van der Waals surface area (Å²) in [6.45, 7) is 0. The predicted octanol–water partition coefficient (Wildman–Crippen LogP) is 5.09. The molecule has 0 radical (unpaired) electrons. The van der Waals surface area contributed by atoms with Crippen LogP contribution in [-0.4, -0.2) is 16.2 Å². The number of hydrogen-bond acceptors (Lipinski definition) is 4. The van der Waals surface area contributed by atoms with Crippen LogP contribution < -0.4 is 0 Å². The lowest BCUT2D eigenvalue weighted by molar-refractivity contribution is 0.0251. The summed E-state index contributed by atoms with van der Waals surface area (Å²) in [7, 11) is 0. The van der Waals surface area contributed by atoms with Gasteiger partial charge in [-0.2, -0.15) is 0 Å². The summed E-state index contributed by atoms with van der Waals surface area (Å²) in [6.07, 6.45) is 0. The van der Waals surface area contributed by atoms with Gasteiger partial charge in [0.2, 0.25) is 0 Å². The van der Waals surface area contributed by atoms with Crippen molar-refractivity contribution in [2.24, 2.45) is 0 Å². The fourth-order valence-electron chi connectivity index (χ4n) is 3.26. The van der Waals surface area contributed by atoms with Gasteiger partial charge < -0.3 is 14.9 Å². The molecule has 0 atom stereocenters.